The molecule has 2 aromatic carbocycles. The number of hydrogen-bond acceptors (Lipinski definition) is 7. The maximum Gasteiger partial charge on any atom is 0.331 e. The number of esters is 1. The van der Waals surface area contributed by atoms with Crippen molar-refractivity contribution in [1.82, 2.24) is 14.9 Å². The molecule has 0 radical (unpaired) electrons. The predicted octanol–water partition coefficient (Wildman–Crippen LogP) is 4.04. The standard InChI is InChI=1S/C25H22N4O5/c1-17-14-22(28-34-17)26-23(30)16-33-24(31)13-10-19-15-29(20-6-4-3-5-7-20)27-25(19)18-8-11-21(32-2)12-9-18/h3-15H,16H2,1-2H3,(H,26,28,30). The Morgan fingerprint density at radius 1 is 1.12 bits per heavy atom. The number of aromatic nitrogens is 3. The predicted molar refractivity (Wildman–Crippen MR) is 125 cm³/mol. The number of carbonyl (C=O) groups excluding carboxylic acids is 2. The lowest BCUT2D eigenvalue weighted by Crippen LogP contribution is -2.20. The summed E-state index contributed by atoms with van der Waals surface area (Å²) in [6, 6.07) is 18.7. The first-order valence-electron chi connectivity index (χ1n) is 10.4. The van der Waals surface area contributed by atoms with Crippen molar-refractivity contribution in [3.63, 3.8) is 0 Å². The molecule has 34 heavy (non-hydrogen) atoms. The van der Waals surface area contributed by atoms with Crippen molar-refractivity contribution in [3.05, 3.63) is 84.3 Å². The molecule has 0 aliphatic carbocycles. The molecule has 0 saturated heterocycles. The SMILES string of the molecule is COc1ccc(-c2nn(-c3ccccc3)cc2C=CC(=O)OCC(=O)Nc2cc(C)on2)cc1. The van der Waals surface area contributed by atoms with Crippen LogP contribution < -0.4 is 10.1 Å². The molecule has 172 valence electrons. The van der Waals surface area contributed by atoms with Crippen molar-refractivity contribution in [1.29, 1.82) is 0 Å². The molecule has 0 bridgehead atoms. The molecule has 0 saturated carbocycles. The number of aryl methyl sites for hydroxylation is 1. The lowest BCUT2D eigenvalue weighted by molar-refractivity contribution is -0.142. The molecular weight excluding hydrogens is 436 g/mol. The lowest BCUT2D eigenvalue weighted by Gasteiger charge is -2.03. The van der Waals surface area contributed by atoms with E-state index in [1.807, 2.05) is 60.8 Å². The van der Waals surface area contributed by atoms with Crippen molar-refractivity contribution >= 4 is 23.8 Å². The van der Waals surface area contributed by atoms with Gasteiger partial charge >= 0.3 is 5.97 Å². The lowest BCUT2D eigenvalue weighted by atomic mass is 10.1. The molecule has 0 atom stereocenters. The molecule has 9 heteroatoms. The summed E-state index contributed by atoms with van der Waals surface area (Å²) in [6.07, 6.45) is 4.68. The Bertz CT molecular complexity index is 1310. The zero-order valence-electron chi connectivity index (χ0n) is 18.6. The Morgan fingerprint density at radius 3 is 2.56 bits per heavy atom. The second kappa shape index (κ2) is 10.3. The second-order valence-electron chi connectivity index (χ2n) is 7.25. The van der Waals surface area contributed by atoms with Crippen LogP contribution in [0.25, 0.3) is 23.0 Å². The monoisotopic (exact) mass is 458 g/mol. The fourth-order valence-corrected chi connectivity index (χ4v) is 3.14. The van der Waals surface area contributed by atoms with E-state index in [0.717, 1.165) is 17.0 Å². The van der Waals surface area contributed by atoms with E-state index in [2.05, 4.69) is 10.5 Å². The number of nitrogens with zero attached hydrogens (tertiary/aromatic N) is 3. The van der Waals surface area contributed by atoms with Gasteiger partial charge in [0, 0.05) is 29.5 Å². The van der Waals surface area contributed by atoms with E-state index in [9.17, 15) is 9.59 Å². The first-order valence-corrected chi connectivity index (χ1v) is 10.4. The van der Waals surface area contributed by atoms with Gasteiger partial charge in [0.2, 0.25) is 0 Å². The largest absolute Gasteiger partial charge is 0.497 e. The van der Waals surface area contributed by atoms with Crippen molar-refractivity contribution in [2.24, 2.45) is 0 Å². The summed E-state index contributed by atoms with van der Waals surface area (Å²) in [5, 5.41) is 10.8. The van der Waals surface area contributed by atoms with E-state index < -0.39 is 18.5 Å². The van der Waals surface area contributed by atoms with Crippen molar-refractivity contribution in [3.8, 4) is 22.7 Å². The number of ether oxygens (including phenoxy) is 2. The van der Waals surface area contributed by atoms with Gasteiger partial charge in [-0.1, -0.05) is 23.4 Å². The van der Waals surface area contributed by atoms with E-state index in [1.165, 1.54) is 6.08 Å². The number of rotatable bonds is 8. The van der Waals surface area contributed by atoms with E-state index in [1.54, 1.807) is 30.9 Å². The molecule has 1 N–H and O–H groups in total. The third kappa shape index (κ3) is 5.57. The highest BCUT2D eigenvalue weighted by atomic mass is 16.5. The van der Waals surface area contributed by atoms with Gasteiger partial charge in [0.05, 0.1) is 18.5 Å². The molecule has 0 unspecified atom stereocenters. The summed E-state index contributed by atoms with van der Waals surface area (Å²) in [5.74, 6) is 0.349. The minimum absolute atomic E-state index is 0.256. The number of benzene rings is 2. The van der Waals surface area contributed by atoms with Crippen LogP contribution in [0.15, 0.2) is 77.5 Å². The summed E-state index contributed by atoms with van der Waals surface area (Å²) in [5.41, 5.74) is 3.10. The number of para-hydroxylation sites is 1. The summed E-state index contributed by atoms with van der Waals surface area (Å²) >= 11 is 0. The molecule has 0 fully saturated rings. The topological polar surface area (TPSA) is 108 Å². The van der Waals surface area contributed by atoms with E-state index in [0.29, 0.717) is 17.0 Å². The van der Waals surface area contributed by atoms with Crippen LogP contribution in [0.1, 0.15) is 11.3 Å². The highest BCUT2D eigenvalue weighted by Crippen LogP contribution is 2.26. The Labute approximate surface area is 195 Å². The highest BCUT2D eigenvalue weighted by Gasteiger charge is 2.12. The maximum absolute atomic E-state index is 12.2. The first kappa shape index (κ1) is 22.5. The van der Waals surface area contributed by atoms with Crippen LogP contribution in [0.3, 0.4) is 0 Å². The second-order valence-corrected chi connectivity index (χ2v) is 7.25. The minimum Gasteiger partial charge on any atom is -0.497 e. The Kier molecular flexibility index (Phi) is 6.83. The quantitative estimate of drug-likeness (QED) is 0.314. The van der Waals surface area contributed by atoms with E-state index in [-0.39, 0.29) is 5.82 Å². The Morgan fingerprint density at radius 2 is 1.88 bits per heavy atom. The van der Waals surface area contributed by atoms with Gasteiger partial charge in [-0.3, -0.25) is 4.79 Å². The number of carbonyl (C=O) groups is 2. The van der Waals surface area contributed by atoms with Crippen molar-refractivity contribution < 1.29 is 23.6 Å². The van der Waals surface area contributed by atoms with Gasteiger partial charge in [0.1, 0.15) is 11.5 Å². The fraction of sp³-hybridized carbons (Fsp3) is 0.120. The third-order valence-electron chi connectivity index (χ3n) is 4.77. The zero-order valence-corrected chi connectivity index (χ0v) is 18.6. The zero-order chi connectivity index (χ0) is 23.9. The summed E-state index contributed by atoms with van der Waals surface area (Å²) in [4.78, 5) is 24.2. The van der Waals surface area contributed by atoms with Gasteiger partial charge in [-0.05, 0) is 49.4 Å². The van der Waals surface area contributed by atoms with Gasteiger partial charge in [0.15, 0.2) is 12.4 Å². The Hall–Kier alpha value is -4.66. The maximum atomic E-state index is 12.2. The van der Waals surface area contributed by atoms with Gasteiger partial charge in [-0.2, -0.15) is 5.10 Å². The number of hydrogen-bond donors (Lipinski definition) is 1. The minimum atomic E-state index is -0.667. The molecule has 9 nitrogen and oxygen atoms in total. The number of anilines is 1. The van der Waals surface area contributed by atoms with Crippen LogP contribution in [-0.2, 0) is 14.3 Å². The summed E-state index contributed by atoms with van der Waals surface area (Å²) in [6.45, 7) is 1.25. The van der Waals surface area contributed by atoms with Crippen LogP contribution in [0.2, 0.25) is 0 Å². The average molecular weight is 458 g/mol. The molecule has 4 rings (SSSR count). The third-order valence-corrected chi connectivity index (χ3v) is 4.77. The molecule has 1 amide bonds. The summed E-state index contributed by atoms with van der Waals surface area (Å²) in [7, 11) is 1.60. The molecule has 2 heterocycles. The molecule has 0 aliphatic heterocycles. The number of amides is 1. The molecule has 2 aromatic heterocycles. The first-order chi connectivity index (χ1) is 16.5. The smallest absolute Gasteiger partial charge is 0.331 e. The van der Waals surface area contributed by atoms with Gasteiger partial charge in [0.25, 0.3) is 5.91 Å². The molecular formula is C25H22N4O5. The van der Waals surface area contributed by atoms with Crippen molar-refractivity contribution in [2.75, 3.05) is 19.0 Å². The number of nitrogens with one attached hydrogen (secondary N) is 1. The summed E-state index contributed by atoms with van der Waals surface area (Å²) < 4.78 is 16.9. The van der Waals surface area contributed by atoms with Gasteiger partial charge < -0.3 is 19.3 Å². The van der Waals surface area contributed by atoms with Gasteiger partial charge in [-0.25, -0.2) is 9.48 Å². The highest BCUT2D eigenvalue weighted by molar-refractivity contribution is 5.94. The van der Waals surface area contributed by atoms with Crippen molar-refractivity contribution in [2.45, 2.75) is 6.92 Å². The molecule has 0 aliphatic rings. The van der Waals surface area contributed by atoms with Crippen LogP contribution in [0.4, 0.5) is 5.82 Å². The van der Waals surface area contributed by atoms with Crippen LogP contribution in [0, 0.1) is 6.92 Å². The normalized spacial score (nSPS) is 10.9. The average Bonchev–Trinajstić information content (AvgIpc) is 3.48. The van der Waals surface area contributed by atoms with Crippen LogP contribution in [0.5, 0.6) is 5.75 Å². The van der Waals surface area contributed by atoms with Crippen LogP contribution >= 0.6 is 0 Å². The van der Waals surface area contributed by atoms with Crippen LogP contribution in [-0.4, -0.2) is 40.5 Å². The Balaban J connectivity index is 1.49. The fourth-order valence-electron chi connectivity index (χ4n) is 3.14. The molecule has 0 spiro atoms. The van der Waals surface area contributed by atoms with Gasteiger partial charge in [-0.15, -0.1) is 0 Å². The molecule has 4 aromatic rings. The van der Waals surface area contributed by atoms with E-state index in [4.69, 9.17) is 19.1 Å². The number of methoxy groups -OCH3 is 1. The van der Waals surface area contributed by atoms with E-state index >= 15 is 0 Å².